The second-order valence-corrected chi connectivity index (χ2v) is 13.2. The van der Waals surface area contributed by atoms with Crippen LogP contribution in [-0.4, -0.2) is 97.9 Å². The van der Waals surface area contributed by atoms with Crippen LogP contribution in [0.4, 0.5) is 0 Å². The number of carbonyl (C=O) groups is 4. The van der Waals surface area contributed by atoms with E-state index < -0.39 is 12.0 Å². The Kier molecular flexibility index (Phi) is 25.3. The molecule has 1 fully saturated rings. The van der Waals surface area contributed by atoms with Crippen LogP contribution in [0, 0.1) is 0 Å². The van der Waals surface area contributed by atoms with Gasteiger partial charge in [0.2, 0.25) is 0 Å². The van der Waals surface area contributed by atoms with Gasteiger partial charge in [0.05, 0.1) is 19.6 Å². The Morgan fingerprint density at radius 1 is 0.674 bits per heavy atom. The molecule has 1 heterocycles. The van der Waals surface area contributed by atoms with Crippen LogP contribution in [0.15, 0.2) is 0 Å². The molecule has 1 N–H and O–H groups in total. The largest absolute Gasteiger partial charge is 0.481 e. The summed E-state index contributed by atoms with van der Waals surface area (Å²) in [6.45, 7) is 4.89. The van der Waals surface area contributed by atoms with Gasteiger partial charge in [-0.25, -0.2) is 0 Å². The van der Waals surface area contributed by atoms with E-state index in [0.717, 1.165) is 64.2 Å². The average Bonchev–Trinajstić information content (AvgIpc) is 3.41. The zero-order valence-corrected chi connectivity index (χ0v) is 29.4. The molecule has 1 aliphatic heterocycles. The lowest BCUT2D eigenvalue weighted by atomic mass is 10.1. The number of carboxylic acids is 1. The number of ether oxygens (including phenoxy) is 3. The number of hydrogen-bond donors (Lipinski definition) is 1. The van der Waals surface area contributed by atoms with E-state index in [9.17, 15) is 19.2 Å². The molecule has 1 rings (SSSR count). The summed E-state index contributed by atoms with van der Waals surface area (Å²) in [5, 5.41) is 8.72. The molecule has 10 heteroatoms. The Balaban J connectivity index is 2.31. The number of aliphatic carboxylic acids is 1. The summed E-state index contributed by atoms with van der Waals surface area (Å²) in [4.78, 5) is 52.1. The number of unbranched alkanes of at least 4 members (excludes halogenated alkanes) is 15. The smallest absolute Gasteiger partial charge is 0.323 e. The van der Waals surface area contributed by atoms with E-state index in [0.29, 0.717) is 58.5 Å². The third kappa shape index (κ3) is 23.2. The van der Waals surface area contributed by atoms with Crippen molar-refractivity contribution >= 4 is 23.9 Å². The number of carboxylic acid groups (broad SMARTS) is 1. The van der Waals surface area contributed by atoms with E-state index in [4.69, 9.17) is 19.3 Å². The van der Waals surface area contributed by atoms with Crippen LogP contribution in [0.1, 0.15) is 148 Å². The van der Waals surface area contributed by atoms with Crippen LogP contribution < -0.4 is 0 Å². The van der Waals surface area contributed by atoms with Gasteiger partial charge < -0.3 is 24.2 Å². The Bertz CT molecular complexity index is 822. The molecule has 46 heavy (non-hydrogen) atoms. The first-order chi connectivity index (χ1) is 22.2. The van der Waals surface area contributed by atoms with Crippen molar-refractivity contribution < 1.29 is 38.5 Å². The Labute approximate surface area is 279 Å². The van der Waals surface area contributed by atoms with Crippen molar-refractivity contribution in [3.8, 4) is 0 Å². The van der Waals surface area contributed by atoms with Gasteiger partial charge in [0, 0.05) is 32.4 Å². The zero-order chi connectivity index (χ0) is 33.8. The highest BCUT2D eigenvalue weighted by atomic mass is 16.6. The topological polar surface area (TPSA) is 123 Å². The minimum Gasteiger partial charge on any atom is -0.481 e. The fourth-order valence-corrected chi connectivity index (χ4v) is 5.79. The quantitative estimate of drug-likeness (QED) is 0.0496. The number of likely N-dealkylation sites (tertiary alicyclic amines) is 1. The Morgan fingerprint density at radius 3 is 1.83 bits per heavy atom. The van der Waals surface area contributed by atoms with Crippen molar-refractivity contribution in [3.05, 3.63) is 0 Å². The third-order valence-electron chi connectivity index (χ3n) is 8.56. The predicted octanol–water partition coefficient (Wildman–Crippen LogP) is 6.92. The van der Waals surface area contributed by atoms with Crippen LogP contribution in [0.2, 0.25) is 0 Å². The van der Waals surface area contributed by atoms with Crippen molar-refractivity contribution in [2.24, 2.45) is 0 Å². The number of rotatable bonds is 30. The lowest BCUT2D eigenvalue weighted by Gasteiger charge is -2.22. The number of esters is 3. The molecule has 1 unspecified atom stereocenters. The van der Waals surface area contributed by atoms with Crippen molar-refractivity contribution in [1.82, 2.24) is 9.80 Å². The molecule has 0 aromatic carbocycles. The van der Waals surface area contributed by atoms with Crippen molar-refractivity contribution in [2.45, 2.75) is 160 Å². The van der Waals surface area contributed by atoms with E-state index in [1.54, 1.807) is 0 Å². The highest BCUT2D eigenvalue weighted by Gasteiger charge is 2.39. The summed E-state index contributed by atoms with van der Waals surface area (Å²) in [5.74, 6) is -1.41. The first kappa shape index (κ1) is 41.8. The van der Waals surface area contributed by atoms with Crippen LogP contribution in [0.3, 0.4) is 0 Å². The molecule has 0 saturated carbocycles. The normalized spacial score (nSPS) is 16.5. The van der Waals surface area contributed by atoms with E-state index in [1.807, 2.05) is 19.0 Å². The zero-order valence-electron chi connectivity index (χ0n) is 29.4. The predicted molar refractivity (Wildman–Crippen MR) is 181 cm³/mol. The first-order valence-electron chi connectivity index (χ1n) is 18.3. The van der Waals surface area contributed by atoms with Gasteiger partial charge in [0.1, 0.15) is 12.1 Å². The van der Waals surface area contributed by atoms with E-state index in [-0.39, 0.29) is 30.4 Å². The number of carbonyl (C=O) groups excluding carboxylic acids is 3. The summed E-state index contributed by atoms with van der Waals surface area (Å²) >= 11 is 0. The maximum atomic E-state index is 13.0. The third-order valence-corrected chi connectivity index (χ3v) is 8.56. The first-order valence-corrected chi connectivity index (χ1v) is 18.3. The maximum Gasteiger partial charge on any atom is 0.323 e. The molecule has 0 aromatic rings. The van der Waals surface area contributed by atoms with Gasteiger partial charge >= 0.3 is 23.9 Å². The Morgan fingerprint density at radius 2 is 1.22 bits per heavy atom. The molecule has 2 atom stereocenters. The van der Waals surface area contributed by atoms with Gasteiger partial charge in [-0.15, -0.1) is 0 Å². The van der Waals surface area contributed by atoms with E-state index in [2.05, 4.69) is 11.8 Å². The fourth-order valence-electron chi connectivity index (χ4n) is 5.79. The average molecular weight is 655 g/mol. The number of hydrogen-bond acceptors (Lipinski definition) is 9. The van der Waals surface area contributed by atoms with Gasteiger partial charge in [-0.1, -0.05) is 90.4 Å². The summed E-state index contributed by atoms with van der Waals surface area (Å²) in [5.41, 5.74) is 0. The van der Waals surface area contributed by atoms with Crippen LogP contribution in [-0.2, 0) is 33.4 Å². The van der Waals surface area contributed by atoms with Gasteiger partial charge in [-0.2, -0.15) is 0 Å². The molecule has 0 amide bonds. The highest BCUT2D eigenvalue weighted by molar-refractivity contribution is 5.76. The lowest BCUT2D eigenvalue weighted by Crippen LogP contribution is -2.38. The molecule has 10 nitrogen and oxygen atoms in total. The summed E-state index contributed by atoms with van der Waals surface area (Å²) in [6, 6.07) is -0.441. The molecule has 0 aromatic heterocycles. The molecular weight excluding hydrogens is 588 g/mol. The molecule has 1 aliphatic rings. The number of nitrogens with zero attached hydrogens (tertiary/aromatic N) is 2. The van der Waals surface area contributed by atoms with Crippen molar-refractivity contribution in [2.75, 3.05) is 46.9 Å². The molecule has 268 valence electrons. The summed E-state index contributed by atoms with van der Waals surface area (Å²) in [6.07, 6.45) is 19.9. The monoisotopic (exact) mass is 654 g/mol. The molecule has 0 spiro atoms. The molecule has 0 bridgehead atoms. The van der Waals surface area contributed by atoms with E-state index >= 15 is 0 Å². The van der Waals surface area contributed by atoms with Crippen LogP contribution in [0.5, 0.6) is 0 Å². The second kappa shape index (κ2) is 27.9. The molecule has 0 radical (unpaired) electrons. The van der Waals surface area contributed by atoms with Gasteiger partial charge in [-0.05, 0) is 52.7 Å². The van der Waals surface area contributed by atoms with Crippen LogP contribution >= 0.6 is 0 Å². The standard InChI is InChI=1S/C36H66N2O8/c1-4-5-6-7-8-9-11-14-20-27-44-34(41)23-18-16-19-25-38-30-31(46-35(42)24-26-37(2)3)29-32(38)36(43)45-28-21-15-12-10-13-17-22-33(39)40/h31-32H,4-30H2,1-3H3,(H,39,40)/t31?,32-/m0/s1. The van der Waals surface area contributed by atoms with Crippen molar-refractivity contribution in [1.29, 1.82) is 0 Å². The minimum atomic E-state index is -0.752. The van der Waals surface area contributed by atoms with Crippen molar-refractivity contribution in [3.63, 3.8) is 0 Å². The summed E-state index contributed by atoms with van der Waals surface area (Å²) < 4.78 is 16.8. The summed E-state index contributed by atoms with van der Waals surface area (Å²) in [7, 11) is 3.82. The maximum absolute atomic E-state index is 13.0. The SMILES string of the molecule is CCCCCCCCCCCOC(=O)CCCCCN1CC(OC(=O)CCN(C)C)C[C@H]1C(=O)OCCCCCCCCC(=O)O. The Hall–Kier alpha value is -2.20. The van der Waals surface area contributed by atoms with Gasteiger partial charge in [0.15, 0.2) is 0 Å². The van der Waals surface area contributed by atoms with E-state index in [1.165, 1.54) is 44.9 Å². The molecule has 0 aliphatic carbocycles. The van der Waals surface area contributed by atoms with Crippen LogP contribution in [0.25, 0.3) is 0 Å². The molecule has 1 saturated heterocycles. The van der Waals surface area contributed by atoms with Gasteiger partial charge in [0.25, 0.3) is 0 Å². The molecular formula is C36H66N2O8. The minimum absolute atomic E-state index is 0.132. The lowest BCUT2D eigenvalue weighted by molar-refractivity contribution is -0.151. The second-order valence-electron chi connectivity index (χ2n) is 13.2. The highest BCUT2D eigenvalue weighted by Crippen LogP contribution is 2.23. The fraction of sp³-hybridized carbons (Fsp3) is 0.889. The van der Waals surface area contributed by atoms with Gasteiger partial charge in [-0.3, -0.25) is 24.1 Å².